The molecule has 0 aliphatic carbocycles. The number of halogens is 1. The van der Waals surface area contributed by atoms with E-state index in [4.69, 9.17) is 11.6 Å². The Hall–Kier alpha value is -1.59. The Labute approximate surface area is 130 Å². The minimum Gasteiger partial charge on any atom is -0.355 e. The van der Waals surface area contributed by atoms with E-state index in [0.29, 0.717) is 17.3 Å². The van der Waals surface area contributed by atoms with E-state index in [1.54, 1.807) is 31.2 Å². The number of amides is 2. The van der Waals surface area contributed by atoms with E-state index in [0.717, 1.165) is 0 Å². The number of hydrogen-bond acceptors (Lipinski definition) is 3. The van der Waals surface area contributed by atoms with Crippen molar-refractivity contribution in [1.29, 1.82) is 0 Å². The Bertz CT molecular complexity index is 476. The highest BCUT2D eigenvalue weighted by atomic mass is 35.5. The first-order valence-corrected chi connectivity index (χ1v) is 7.39. The third kappa shape index (κ3) is 6.60. The molecule has 2 amide bonds. The van der Waals surface area contributed by atoms with Gasteiger partial charge in [0.05, 0.1) is 6.04 Å². The quantitative estimate of drug-likeness (QED) is 0.723. The van der Waals surface area contributed by atoms with Gasteiger partial charge in [-0.3, -0.25) is 9.59 Å². The normalized spacial score (nSPS) is 13.3. The van der Waals surface area contributed by atoms with Crippen LogP contribution in [0, 0.1) is 0 Å². The highest BCUT2D eigenvalue weighted by Gasteiger charge is 2.16. The van der Waals surface area contributed by atoms with Crippen LogP contribution in [0.3, 0.4) is 0 Å². The number of carbonyl (C=O) groups excluding carboxylic acids is 2. The average molecular weight is 312 g/mol. The fourth-order valence-corrected chi connectivity index (χ4v) is 2.04. The maximum atomic E-state index is 11.9. The average Bonchev–Trinajstić information content (AvgIpc) is 2.41. The van der Waals surface area contributed by atoms with Gasteiger partial charge in [-0.05, 0) is 45.0 Å². The second kappa shape index (κ2) is 8.64. The summed E-state index contributed by atoms with van der Waals surface area (Å²) in [4.78, 5) is 23.5. The van der Waals surface area contributed by atoms with Gasteiger partial charge in [-0.1, -0.05) is 11.6 Å². The SMILES string of the molecule is CCNC(=O)[C@@H](C)N[C@H](C)CC(=O)Nc1ccc(Cl)cc1. The summed E-state index contributed by atoms with van der Waals surface area (Å²) in [6, 6.07) is 6.50. The van der Waals surface area contributed by atoms with Crippen molar-refractivity contribution in [2.45, 2.75) is 39.3 Å². The van der Waals surface area contributed by atoms with Gasteiger partial charge in [0.1, 0.15) is 0 Å². The Morgan fingerprint density at radius 1 is 1.19 bits per heavy atom. The maximum absolute atomic E-state index is 11.9. The van der Waals surface area contributed by atoms with E-state index in [-0.39, 0.29) is 30.3 Å². The lowest BCUT2D eigenvalue weighted by Crippen LogP contribution is -2.46. The second-order valence-electron chi connectivity index (χ2n) is 4.94. The molecule has 1 rings (SSSR count). The van der Waals surface area contributed by atoms with Crippen molar-refractivity contribution in [3.8, 4) is 0 Å². The highest BCUT2D eigenvalue weighted by Crippen LogP contribution is 2.13. The minimum absolute atomic E-state index is 0.0672. The lowest BCUT2D eigenvalue weighted by Gasteiger charge is -2.19. The Morgan fingerprint density at radius 2 is 1.81 bits per heavy atom. The number of nitrogens with one attached hydrogen (secondary N) is 3. The van der Waals surface area contributed by atoms with Crippen LogP contribution in [0.4, 0.5) is 5.69 Å². The van der Waals surface area contributed by atoms with Crippen molar-refractivity contribution >= 4 is 29.1 Å². The van der Waals surface area contributed by atoms with Crippen molar-refractivity contribution in [3.63, 3.8) is 0 Å². The summed E-state index contributed by atoms with van der Waals surface area (Å²) in [5.74, 6) is -0.178. The van der Waals surface area contributed by atoms with Gasteiger partial charge in [-0.2, -0.15) is 0 Å². The largest absolute Gasteiger partial charge is 0.355 e. The molecule has 0 unspecified atom stereocenters. The second-order valence-corrected chi connectivity index (χ2v) is 5.38. The van der Waals surface area contributed by atoms with Gasteiger partial charge in [-0.15, -0.1) is 0 Å². The fourth-order valence-electron chi connectivity index (χ4n) is 1.91. The van der Waals surface area contributed by atoms with Crippen LogP contribution < -0.4 is 16.0 Å². The van der Waals surface area contributed by atoms with Gasteiger partial charge in [-0.25, -0.2) is 0 Å². The molecule has 0 saturated carbocycles. The molecule has 1 aromatic carbocycles. The molecule has 21 heavy (non-hydrogen) atoms. The standard InChI is InChI=1S/C15H22ClN3O2/c1-4-17-15(21)11(3)18-10(2)9-14(20)19-13-7-5-12(16)6-8-13/h5-8,10-11,18H,4,9H2,1-3H3,(H,17,21)(H,19,20)/t10-,11-/m1/s1. The van der Waals surface area contributed by atoms with E-state index in [2.05, 4.69) is 16.0 Å². The molecule has 0 spiro atoms. The van der Waals surface area contributed by atoms with Crippen LogP contribution in [-0.2, 0) is 9.59 Å². The zero-order chi connectivity index (χ0) is 15.8. The summed E-state index contributed by atoms with van der Waals surface area (Å²) in [6.07, 6.45) is 0.284. The number of carbonyl (C=O) groups is 2. The van der Waals surface area contributed by atoms with Crippen molar-refractivity contribution in [2.24, 2.45) is 0 Å². The van der Waals surface area contributed by atoms with E-state index in [9.17, 15) is 9.59 Å². The minimum atomic E-state index is -0.330. The van der Waals surface area contributed by atoms with Gasteiger partial charge < -0.3 is 16.0 Å². The molecule has 0 saturated heterocycles. The van der Waals surface area contributed by atoms with Crippen molar-refractivity contribution in [3.05, 3.63) is 29.3 Å². The molecule has 6 heteroatoms. The third-order valence-corrected chi connectivity index (χ3v) is 3.15. The molecule has 5 nitrogen and oxygen atoms in total. The lowest BCUT2D eigenvalue weighted by molar-refractivity contribution is -0.123. The molecule has 3 N–H and O–H groups in total. The zero-order valence-electron chi connectivity index (χ0n) is 12.6. The molecule has 0 aliphatic heterocycles. The molecule has 1 aromatic rings. The van der Waals surface area contributed by atoms with Crippen LogP contribution in [0.5, 0.6) is 0 Å². The smallest absolute Gasteiger partial charge is 0.236 e. The van der Waals surface area contributed by atoms with Gasteiger partial charge in [0.2, 0.25) is 11.8 Å². The van der Waals surface area contributed by atoms with E-state index < -0.39 is 0 Å². The number of rotatable bonds is 7. The summed E-state index contributed by atoms with van der Waals surface area (Å²) in [6.45, 7) is 6.11. The van der Waals surface area contributed by atoms with Crippen LogP contribution in [0.2, 0.25) is 5.02 Å². The Balaban J connectivity index is 2.40. The first-order chi connectivity index (χ1) is 9.92. The van der Waals surface area contributed by atoms with Crippen molar-refractivity contribution in [2.75, 3.05) is 11.9 Å². The topological polar surface area (TPSA) is 70.2 Å². The van der Waals surface area contributed by atoms with Crippen molar-refractivity contribution < 1.29 is 9.59 Å². The van der Waals surface area contributed by atoms with Crippen LogP contribution >= 0.6 is 11.6 Å². The molecule has 2 atom stereocenters. The first kappa shape index (κ1) is 17.5. The van der Waals surface area contributed by atoms with Crippen LogP contribution in [0.1, 0.15) is 27.2 Å². The molecular formula is C15H22ClN3O2. The summed E-state index contributed by atoms with van der Waals surface area (Å²) in [5, 5.41) is 9.24. The van der Waals surface area contributed by atoms with E-state index >= 15 is 0 Å². The van der Waals surface area contributed by atoms with E-state index in [1.165, 1.54) is 0 Å². The highest BCUT2D eigenvalue weighted by molar-refractivity contribution is 6.30. The first-order valence-electron chi connectivity index (χ1n) is 7.01. The third-order valence-electron chi connectivity index (χ3n) is 2.90. The molecule has 0 aromatic heterocycles. The molecular weight excluding hydrogens is 290 g/mol. The van der Waals surface area contributed by atoms with Crippen LogP contribution in [0.25, 0.3) is 0 Å². The van der Waals surface area contributed by atoms with Gasteiger partial charge >= 0.3 is 0 Å². The maximum Gasteiger partial charge on any atom is 0.236 e. The van der Waals surface area contributed by atoms with Gasteiger partial charge in [0, 0.05) is 29.7 Å². The van der Waals surface area contributed by atoms with E-state index in [1.807, 2.05) is 13.8 Å². The number of likely N-dealkylation sites (N-methyl/N-ethyl adjacent to an activating group) is 1. The zero-order valence-corrected chi connectivity index (χ0v) is 13.3. The summed E-state index contributed by atoms with van der Waals surface area (Å²) in [7, 11) is 0. The molecule has 116 valence electrons. The predicted octanol–water partition coefficient (Wildman–Crippen LogP) is 2.17. The number of hydrogen-bond donors (Lipinski definition) is 3. The monoisotopic (exact) mass is 311 g/mol. The van der Waals surface area contributed by atoms with Gasteiger partial charge in [0.25, 0.3) is 0 Å². The molecule has 0 fully saturated rings. The van der Waals surface area contributed by atoms with Gasteiger partial charge in [0.15, 0.2) is 0 Å². The summed E-state index contributed by atoms with van der Waals surface area (Å²) < 4.78 is 0. The van der Waals surface area contributed by atoms with Crippen LogP contribution in [0.15, 0.2) is 24.3 Å². The fraction of sp³-hybridized carbons (Fsp3) is 0.467. The molecule has 0 aliphatic rings. The summed E-state index contributed by atoms with van der Waals surface area (Å²) >= 11 is 5.78. The Kier molecular flexibility index (Phi) is 7.19. The van der Waals surface area contributed by atoms with Crippen molar-refractivity contribution in [1.82, 2.24) is 10.6 Å². The predicted molar refractivity (Wildman–Crippen MR) is 85.4 cm³/mol. The molecule has 0 heterocycles. The van der Waals surface area contributed by atoms with Crippen LogP contribution in [-0.4, -0.2) is 30.4 Å². The number of anilines is 1. The molecule has 0 radical (unpaired) electrons. The number of benzene rings is 1. The lowest BCUT2D eigenvalue weighted by atomic mass is 10.2. The Morgan fingerprint density at radius 3 is 2.38 bits per heavy atom. The molecule has 0 bridgehead atoms. The summed E-state index contributed by atoms with van der Waals surface area (Å²) in [5.41, 5.74) is 0.702.